The van der Waals surface area contributed by atoms with Crippen LogP contribution in [0.1, 0.15) is 21.5 Å². The topological polar surface area (TPSA) is 55.6 Å². The van der Waals surface area contributed by atoms with Crippen molar-refractivity contribution in [3.05, 3.63) is 65.2 Å². The van der Waals surface area contributed by atoms with E-state index in [4.69, 9.17) is 5.73 Å². The van der Waals surface area contributed by atoms with E-state index in [0.29, 0.717) is 5.56 Å². The van der Waals surface area contributed by atoms with Crippen molar-refractivity contribution < 1.29 is 9.53 Å². The number of para-hydroxylation sites is 1. The van der Waals surface area contributed by atoms with Crippen molar-refractivity contribution in [1.29, 1.82) is 0 Å². The van der Waals surface area contributed by atoms with Gasteiger partial charge in [0.2, 0.25) is 0 Å². The van der Waals surface area contributed by atoms with E-state index in [0.717, 1.165) is 29.9 Å². The minimum absolute atomic E-state index is 0.313. The first-order chi connectivity index (χ1) is 10.1. The lowest BCUT2D eigenvalue weighted by Gasteiger charge is -2.18. The molecule has 0 atom stereocenters. The summed E-state index contributed by atoms with van der Waals surface area (Å²) >= 11 is 0. The predicted octanol–water partition coefficient (Wildman–Crippen LogP) is 2.69. The molecular weight excluding hydrogens is 264 g/mol. The van der Waals surface area contributed by atoms with Gasteiger partial charge in [0.25, 0.3) is 0 Å². The maximum atomic E-state index is 11.4. The molecule has 0 spiro atoms. The molecular formula is C17H20N2O2. The van der Waals surface area contributed by atoms with Crippen molar-refractivity contribution in [2.45, 2.75) is 13.1 Å². The summed E-state index contributed by atoms with van der Waals surface area (Å²) in [4.78, 5) is 13.6. The molecule has 0 aliphatic carbocycles. The van der Waals surface area contributed by atoms with Crippen LogP contribution < -0.4 is 5.73 Å². The Morgan fingerprint density at radius 2 is 1.76 bits per heavy atom. The second-order valence-corrected chi connectivity index (χ2v) is 5.06. The summed E-state index contributed by atoms with van der Waals surface area (Å²) in [5.41, 5.74) is 9.58. The molecule has 0 amide bonds. The lowest BCUT2D eigenvalue weighted by atomic mass is 10.1. The van der Waals surface area contributed by atoms with Gasteiger partial charge in [0.1, 0.15) is 0 Å². The van der Waals surface area contributed by atoms with Crippen LogP contribution in [0.4, 0.5) is 5.69 Å². The molecule has 0 radical (unpaired) electrons. The number of carbonyl (C=O) groups excluding carboxylic acids is 1. The van der Waals surface area contributed by atoms with Crippen molar-refractivity contribution in [1.82, 2.24) is 4.90 Å². The molecule has 0 aliphatic heterocycles. The fourth-order valence-corrected chi connectivity index (χ4v) is 2.20. The van der Waals surface area contributed by atoms with Gasteiger partial charge < -0.3 is 10.5 Å². The molecule has 4 nitrogen and oxygen atoms in total. The van der Waals surface area contributed by atoms with Crippen molar-refractivity contribution in [3.8, 4) is 0 Å². The zero-order valence-corrected chi connectivity index (χ0v) is 12.4. The minimum atomic E-state index is -0.313. The molecule has 2 aromatic rings. The van der Waals surface area contributed by atoms with Crippen LogP contribution in [-0.2, 0) is 17.8 Å². The molecule has 0 aromatic heterocycles. The summed E-state index contributed by atoms with van der Waals surface area (Å²) in [6.07, 6.45) is 0. The van der Waals surface area contributed by atoms with Crippen LogP contribution in [0.2, 0.25) is 0 Å². The summed E-state index contributed by atoms with van der Waals surface area (Å²) in [5, 5.41) is 0. The molecule has 2 aromatic carbocycles. The lowest BCUT2D eigenvalue weighted by molar-refractivity contribution is 0.0600. The molecule has 2 N–H and O–H groups in total. The molecule has 0 fully saturated rings. The molecule has 21 heavy (non-hydrogen) atoms. The molecule has 0 saturated carbocycles. The van der Waals surface area contributed by atoms with Gasteiger partial charge in [-0.2, -0.15) is 0 Å². The molecule has 4 heteroatoms. The second kappa shape index (κ2) is 6.90. The average Bonchev–Trinajstić information content (AvgIpc) is 2.49. The zero-order valence-electron chi connectivity index (χ0n) is 12.4. The minimum Gasteiger partial charge on any atom is -0.465 e. The van der Waals surface area contributed by atoms with Crippen LogP contribution in [0, 0.1) is 0 Å². The highest BCUT2D eigenvalue weighted by molar-refractivity contribution is 5.89. The number of esters is 1. The van der Waals surface area contributed by atoms with E-state index < -0.39 is 0 Å². The number of hydrogen-bond donors (Lipinski definition) is 1. The van der Waals surface area contributed by atoms with Crippen molar-refractivity contribution >= 4 is 11.7 Å². The largest absolute Gasteiger partial charge is 0.465 e. The van der Waals surface area contributed by atoms with Gasteiger partial charge in [-0.1, -0.05) is 30.3 Å². The third kappa shape index (κ3) is 4.07. The lowest BCUT2D eigenvalue weighted by Crippen LogP contribution is -2.18. The van der Waals surface area contributed by atoms with Crippen LogP contribution in [-0.4, -0.2) is 25.0 Å². The number of methoxy groups -OCH3 is 1. The van der Waals surface area contributed by atoms with Crippen molar-refractivity contribution in [2.75, 3.05) is 19.9 Å². The maximum Gasteiger partial charge on any atom is 0.337 e. The van der Waals surface area contributed by atoms with E-state index in [1.165, 1.54) is 7.11 Å². The fourth-order valence-electron chi connectivity index (χ4n) is 2.20. The van der Waals surface area contributed by atoms with E-state index in [1.54, 1.807) is 12.1 Å². The van der Waals surface area contributed by atoms with Gasteiger partial charge in [-0.25, -0.2) is 4.79 Å². The van der Waals surface area contributed by atoms with Gasteiger partial charge in [0, 0.05) is 18.8 Å². The van der Waals surface area contributed by atoms with Gasteiger partial charge in [-0.3, -0.25) is 4.90 Å². The molecule has 110 valence electrons. The third-order valence-corrected chi connectivity index (χ3v) is 3.32. The highest BCUT2D eigenvalue weighted by Crippen LogP contribution is 2.14. The van der Waals surface area contributed by atoms with Crippen LogP contribution in [0.15, 0.2) is 48.5 Å². The van der Waals surface area contributed by atoms with Crippen molar-refractivity contribution in [3.63, 3.8) is 0 Å². The van der Waals surface area contributed by atoms with Gasteiger partial charge in [0.15, 0.2) is 0 Å². The Morgan fingerprint density at radius 3 is 2.38 bits per heavy atom. The SMILES string of the molecule is COC(=O)c1ccc(CN(C)Cc2ccccc2N)cc1. The standard InChI is InChI=1S/C17H20N2O2/c1-19(12-15-5-3-4-6-16(15)18)11-13-7-9-14(10-8-13)17(20)21-2/h3-10H,11-12,18H2,1-2H3. The number of hydrogen-bond acceptors (Lipinski definition) is 4. The van der Waals surface area contributed by atoms with Crippen LogP contribution >= 0.6 is 0 Å². The average molecular weight is 284 g/mol. The van der Waals surface area contributed by atoms with Crippen LogP contribution in [0.5, 0.6) is 0 Å². The molecule has 0 unspecified atom stereocenters. The number of benzene rings is 2. The monoisotopic (exact) mass is 284 g/mol. The first-order valence-corrected chi connectivity index (χ1v) is 6.79. The number of nitrogen functional groups attached to an aromatic ring is 1. The highest BCUT2D eigenvalue weighted by atomic mass is 16.5. The zero-order chi connectivity index (χ0) is 15.2. The summed E-state index contributed by atoms with van der Waals surface area (Å²) in [6, 6.07) is 15.3. The first-order valence-electron chi connectivity index (χ1n) is 6.79. The van der Waals surface area contributed by atoms with Gasteiger partial charge in [-0.15, -0.1) is 0 Å². The third-order valence-electron chi connectivity index (χ3n) is 3.32. The summed E-state index contributed by atoms with van der Waals surface area (Å²) < 4.78 is 4.69. The Kier molecular flexibility index (Phi) is 4.95. The van der Waals surface area contributed by atoms with E-state index in [2.05, 4.69) is 9.64 Å². The Hall–Kier alpha value is -2.33. The van der Waals surface area contributed by atoms with Gasteiger partial charge in [0.05, 0.1) is 12.7 Å². The normalized spacial score (nSPS) is 10.6. The summed E-state index contributed by atoms with van der Waals surface area (Å²) in [5.74, 6) is -0.313. The van der Waals surface area contributed by atoms with Crippen molar-refractivity contribution in [2.24, 2.45) is 0 Å². The molecule has 2 rings (SSSR count). The Bertz CT molecular complexity index is 608. The number of rotatable bonds is 5. The highest BCUT2D eigenvalue weighted by Gasteiger charge is 2.07. The number of nitrogens with zero attached hydrogens (tertiary/aromatic N) is 1. The maximum absolute atomic E-state index is 11.4. The predicted molar refractivity (Wildman–Crippen MR) is 83.8 cm³/mol. The van der Waals surface area contributed by atoms with E-state index in [9.17, 15) is 4.79 Å². The van der Waals surface area contributed by atoms with Gasteiger partial charge >= 0.3 is 5.97 Å². The number of ether oxygens (including phenoxy) is 1. The smallest absolute Gasteiger partial charge is 0.337 e. The molecule has 0 aliphatic rings. The molecule has 0 bridgehead atoms. The number of carbonyl (C=O) groups is 1. The van der Waals surface area contributed by atoms with Gasteiger partial charge in [-0.05, 0) is 36.4 Å². The Balaban J connectivity index is 1.98. The quantitative estimate of drug-likeness (QED) is 0.677. The summed E-state index contributed by atoms with van der Waals surface area (Å²) in [6.45, 7) is 1.57. The Labute approximate surface area is 125 Å². The number of nitrogens with two attached hydrogens (primary N) is 1. The van der Waals surface area contributed by atoms with E-state index in [-0.39, 0.29) is 5.97 Å². The van der Waals surface area contributed by atoms with E-state index >= 15 is 0 Å². The number of anilines is 1. The van der Waals surface area contributed by atoms with Crippen LogP contribution in [0.3, 0.4) is 0 Å². The fraction of sp³-hybridized carbons (Fsp3) is 0.235. The second-order valence-electron chi connectivity index (χ2n) is 5.06. The molecule has 0 heterocycles. The molecule has 0 saturated heterocycles. The Morgan fingerprint density at radius 1 is 1.10 bits per heavy atom. The first kappa shape index (κ1) is 15.1. The van der Waals surface area contributed by atoms with E-state index in [1.807, 2.05) is 43.4 Å². The summed E-state index contributed by atoms with van der Waals surface area (Å²) in [7, 11) is 3.43. The van der Waals surface area contributed by atoms with Crippen LogP contribution in [0.25, 0.3) is 0 Å².